The van der Waals surface area contributed by atoms with Crippen LogP contribution in [0.15, 0.2) is 0 Å². The summed E-state index contributed by atoms with van der Waals surface area (Å²) < 4.78 is 11.2. The molecular formula is C16H31O2. The maximum atomic E-state index is 5.58. The van der Waals surface area contributed by atoms with Crippen LogP contribution in [0.2, 0.25) is 0 Å². The monoisotopic (exact) mass is 255 g/mol. The average Bonchev–Trinajstić information content (AvgIpc) is 2.42. The summed E-state index contributed by atoms with van der Waals surface area (Å²) in [7, 11) is 0. The quantitative estimate of drug-likeness (QED) is 0.525. The lowest BCUT2D eigenvalue weighted by Gasteiger charge is -2.28. The van der Waals surface area contributed by atoms with Crippen LogP contribution in [0.1, 0.15) is 71.6 Å². The van der Waals surface area contributed by atoms with Gasteiger partial charge in [-0.2, -0.15) is 0 Å². The number of hydrogen-bond donors (Lipinski definition) is 0. The number of hydrogen-bond acceptors (Lipinski definition) is 2. The van der Waals surface area contributed by atoms with Crippen LogP contribution in [-0.4, -0.2) is 19.5 Å². The summed E-state index contributed by atoms with van der Waals surface area (Å²) in [6.45, 7) is 6.03. The van der Waals surface area contributed by atoms with Crippen LogP contribution in [0.3, 0.4) is 0 Å². The molecule has 1 rings (SSSR count). The van der Waals surface area contributed by atoms with Crippen molar-refractivity contribution in [1.29, 1.82) is 0 Å². The number of ether oxygens (including phenoxy) is 2. The van der Waals surface area contributed by atoms with Crippen molar-refractivity contribution in [3.63, 3.8) is 0 Å². The zero-order valence-corrected chi connectivity index (χ0v) is 12.3. The van der Waals surface area contributed by atoms with E-state index in [0.717, 1.165) is 13.2 Å². The molecule has 0 aromatic carbocycles. The maximum Gasteiger partial charge on any atom is 0.160 e. The second kappa shape index (κ2) is 10.8. The van der Waals surface area contributed by atoms with Crippen LogP contribution in [0.25, 0.3) is 0 Å². The Bertz CT molecular complexity index is 176. The number of unbranched alkanes of at least 4 members (excludes halogenated alkanes) is 7. The van der Waals surface area contributed by atoms with Gasteiger partial charge >= 0.3 is 0 Å². The van der Waals surface area contributed by atoms with Gasteiger partial charge in [0.1, 0.15) is 0 Å². The van der Waals surface area contributed by atoms with Crippen molar-refractivity contribution in [2.75, 3.05) is 13.2 Å². The van der Waals surface area contributed by atoms with Crippen LogP contribution in [-0.2, 0) is 9.47 Å². The molecule has 0 saturated carbocycles. The Morgan fingerprint density at radius 2 is 1.50 bits per heavy atom. The summed E-state index contributed by atoms with van der Waals surface area (Å²) in [6, 6.07) is 0. The van der Waals surface area contributed by atoms with Crippen molar-refractivity contribution in [3.05, 3.63) is 6.42 Å². The Balaban J connectivity index is 1.87. The summed E-state index contributed by atoms with van der Waals surface area (Å²) >= 11 is 0. The van der Waals surface area contributed by atoms with Gasteiger partial charge in [0.2, 0.25) is 0 Å². The SMILES string of the molecule is CCCCCCCCCCC(C)C1OC[CH]CO1. The average molecular weight is 255 g/mol. The minimum absolute atomic E-state index is 0.0413. The fourth-order valence-corrected chi connectivity index (χ4v) is 2.49. The predicted octanol–water partition coefficient (Wildman–Crippen LogP) is 4.73. The van der Waals surface area contributed by atoms with E-state index in [2.05, 4.69) is 13.8 Å². The highest BCUT2D eigenvalue weighted by molar-refractivity contribution is 4.70. The molecule has 0 amide bonds. The molecule has 0 aromatic rings. The van der Waals surface area contributed by atoms with E-state index in [0.29, 0.717) is 5.92 Å². The molecule has 0 bridgehead atoms. The van der Waals surface area contributed by atoms with Gasteiger partial charge in [0.15, 0.2) is 6.29 Å². The minimum atomic E-state index is 0.0413. The van der Waals surface area contributed by atoms with Crippen LogP contribution < -0.4 is 0 Å². The van der Waals surface area contributed by atoms with Crippen molar-refractivity contribution in [2.24, 2.45) is 5.92 Å². The molecule has 2 heteroatoms. The summed E-state index contributed by atoms with van der Waals surface area (Å²) in [6.07, 6.45) is 14.4. The second-order valence-electron chi connectivity index (χ2n) is 5.56. The Labute approximate surface area is 113 Å². The molecule has 1 unspecified atom stereocenters. The molecule has 0 spiro atoms. The third-order valence-corrected chi connectivity index (χ3v) is 3.73. The van der Waals surface area contributed by atoms with Gasteiger partial charge < -0.3 is 9.47 Å². The third-order valence-electron chi connectivity index (χ3n) is 3.73. The smallest absolute Gasteiger partial charge is 0.160 e. The van der Waals surface area contributed by atoms with E-state index in [1.165, 1.54) is 57.8 Å². The molecule has 1 heterocycles. The maximum absolute atomic E-state index is 5.58. The lowest BCUT2D eigenvalue weighted by atomic mass is 10.0. The highest BCUT2D eigenvalue weighted by Crippen LogP contribution is 2.20. The van der Waals surface area contributed by atoms with Crippen molar-refractivity contribution in [1.82, 2.24) is 0 Å². The molecule has 2 nitrogen and oxygen atoms in total. The van der Waals surface area contributed by atoms with Gasteiger partial charge in [-0.3, -0.25) is 0 Å². The molecule has 0 aromatic heterocycles. The Hall–Kier alpha value is -0.0800. The first-order chi connectivity index (χ1) is 8.84. The van der Waals surface area contributed by atoms with E-state index in [-0.39, 0.29) is 6.29 Å². The molecule has 1 radical (unpaired) electrons. The molecule has 1 aliphatic heterocycles. The van der Waals surface area contributed by atoms with Crippen molar-refractivity contribution in [2.45, 2.75) is 77.9 Å². The Morgan fingerprint density at radius 3 is 2.11 bits per heavy atom. The molecule has 107 valence electrons. The van der Waals surface area contributed by atoms with Gasteiger partial charge in [-0.15, -0.1) is 0 Å². The Morgan fingerprint density at radius 1 is 0.944 bits per heavy atom. The van der Waals surface area contributed by atoms with E-state index < -0.39 is 0 Å². The van der Waals surface area contributed by atoms with Gasteiger partial charge in [0, 0.05) is 12.3 Å². The fourth-order valence-electron chi connectivity index (χ4n) is 2.49. The molecule has 0 aliphatic carbocycles. The lowest BCUT2D eigenvalue weighted by Crippen LogP contribution is -2.31. The molecular weight excluding hydrogens is 224 g/mol. The van der Waals surface area contributed by atoms with Gasteiger partial charge in [-0.25, -0.2) is 0 Å². The fraction of sp³-hybridized carbons (Fsp3) is 0.938. The largest absolute Gasteiger partial charge is 0.352 e. The van der Waals surface area contributed by atoms with E-state index in [1.54, 1.807) is 0 Å². The first-order valence-corrected chi connectivity index (χ1v) is 7.89. The highest BCUT2D eigenvalue weighted by Gasteiger charge is 2.20. The van der Waals surface area contributed by atoms with Crippen LogP contribution in [0.4, 0.5) is 0 Å². The molecule has 1 atom stereocenters. The molecule has 18 heavy (non-hydrogen) atoms. The predicted molar refractivity (Wildman–Crippen MR) is 76.4 cm³/mol. The molecule has 0 N–H and O–H groups in total. The summed E-state index contributed by atoms with van der Waals surface area (Å²) in [5.74, 6) is 0.541. The zero-order valence-electron chi connectivity index (χ0n) is 12.3. The van der Waals surface area contributed by atoms with E-state index >= 15 is 0 Å². The van der Waals surface area contributed by atoms with E-state index in [4.69, 9.17) is 9.47 Å². The molecule has 1 fully saturated rings. The normalized spacial score (nSPS) is 19.0. The number of rotatable bonds is 10. The summed E-state index contributed by atoms with van der Waals surface area (Å²) in [4.78, 5) is 0. The zero-order chi connectivity index (χ0) is 13.1. The van der Waals surface area contributed by atoms with E-state index in [9.17, 15) is 0 Å². The first-order valence-electron chi connectivity index (χ1n) is 7.89. The summed E-state index contributed by atoms with van der Waals surface area (Å²) in [5, 5.41) is 0. The van der Waals surface area contributed by atoms with Crippen LogP contribution in [0.5, 0.6) is 0 Å². The topological polar surface area (TPSA) is 18.5 Å². The van der Waals surface area contributed by atoms with Gasteiger partial charge in [0.05, 0.1) is 13.2 Å². The van der Waals surface area contributed by atoms with Gasteiger partial charge in [-0.1, -0.05) is 65.2 Å². The standard InChI is InChI=1S/C16H31O2/c1-3-4-5-6-7-8-9-10-12-15(2)16-17-13-11-14-18-16/h11,15-16H,3-10,12-14H2,1-2H3. The molecule has 1 aliphatic rings. The summed E-state index contributed by atoms with van der Waals surface area (Å²) in [5.41, 5.74) is 0. The van der Waals surface area contributed by atoms with Crippen molar-refractivity contribution >= 4 is 0 Å². The second-order valence-corrected chi connectivity index (χ2v) is 5.56. The lowest BCUT2D eigenvalue weighted by molar-refractivity contribution is -0.185. The van der Waals surface area contributed by atoms with Crippen molar-refractivity contribution < 1.29 is 9.47 Å². The third kappa shape index (κ3) is 7.38. The molecule has 1 saturated heterocycles. The minimum Gasteiger partial charge on any atom is -0.352 e. The highest BCUT2D eigenvalue weighted by atomic mass is 16.7. The van der Waals surface area contributed by atoms with Gasteiger partial charge in [-0.05, 0) is 6.42 Å². The van der Waals surface area contributed by atoms with Crippen LogP contribution in [0, 0.1) is 12.3 Å². The Kier molecular flexibility index (Phi) is 9.59. The van der Waals surface area contributed by atoms with Crippen LogP contribution >= 0.6 is 0 Å². The first kappa shape index (κ1) is 16.0. The van der Waals surface area contributed by atoms with E-state index in [1.807, 2.05) is 6.42 Å². The van der Waals surface area contributed by atoms with Gasteiger partial charge in [0.25, 0.3) is 0 Å². The van der Waals surface area contributed by atoms with Crippen molar-refractivity contribution in [3.8, 4) is 0 Å².